The zero-order valence-corrected chi connectivity index (χ0v) is 12.3. The lowest BCUT2D eigenvalue weighted by molar-refractivity contribution is -0.141. The van der Waals surface area contributed by atoms with Gasteiger partial charge in [0, 0.05) is 18.8 Å². The van der Waals surface area contributed by atoms with E-state index in [1.807, 2.05) is 18.2 Å². The van der Waals surface area contributed by atoms with E-state index in [0.29, 0.717) is 19.4 Å². The van der Waals surface area contributed by atoms with Gasteiger partial charge >= 0.3 is 12.0 Å². The Morgan fingerprint density at radius 2 is 2.14 bits per heavy atom. The van der Waals surface area contributed by atoms with E-state index in [9.17, 15) is 9.59 Å². The molecule has 0 saturated heterocycles. The van der Waals surface area contributed by atoms with Crippen molar-refractivity contribution in [1.82, 2.24) is 5.32 Å². The van der Waals surface area contributed by atoms with E-state index in [-0.39, 0.29) is 11.9 Å². The SMILES string of the molecule is CC(CCCNC(=O)N1CCCc2ccccc21)C(=O)O. The van der Waals surface area contributed by atoms with Crippen molar-refractivity contribution in [2.24, 2.45) is 5.92 Å². The number of anilines is 1. The van der Waals surface area contributed by atoms with Crippen LogP contribution in [0.3, 0.4) is 0 Å². The number of para-hydroxylation sites is 1. The number of fused-ring (bicyclic) bond motifs is 1. The van der Waals surface area contributed by atoms with Gasteiger partial charge in [-0.1, -0.05) is 25.1 Å². The molecule has 0 saturated carbocycles. The average molecular weight is 290 g/mol. The number of urea groups is 1. The minimum absolute atomic E-state index is 0.0925. The molecule has 1 atom stereocenters. The number of hydrogen-bond donors (Lipinski definition) is 2. The van der Waals surface area contributed by atoms with E-state index < -0.39 is 5.97 Å². The fourth-order valence-corrected chi connectivity index (χ4v) is 2.57. The van der Waals surface area contributed by atoms with Gasteiger partial charge in [-0.25, -0.2) is 4.79 Å². The largest absolute Gasteiger partial charge is 0.481 e. The first kappa shape index (κ1) is 15.4. The molecule has 0 aromatic heterocycles. The number of nitrogens with zero attached hydrogens (tertiary/aromatic N) is 1. The number of carboxylic acids is 1. The summed E-state index contributed by atoms with van der Waals surface area (Å²) in [4.78, 5) is 24.7. The Labute approximate surface area is 125 Å². The van der Waals surface area contributed by atoms with Crippen LogP contribution in [0.4, 0.5) is 10.5 Å². The molecule has 21 heavy (non-hydrogen) atoms. The Bertz CT molecular complexity index is 516. The van der Waals surface area contributed by atoms with E-state index >= 15 is 0 Å². The third-order valence-corrected chi connectivity index (χ3v) is 3.87. The fourth-order valence-electron chi connectivity index (χ4n) is 2.57. The first-order valence-corrected chi connectivity index (χ1v) is 7.45. The zero-order chi connectivity index (χ0) is 15.2. The second kappa shape index (κ2) is 7.11. The second-order valence-corrected chi connectivity index (χ2v) is 5.50. The molecular weight excluding hydrogens is 268 g/mol. The van der Waals surface area contributed by atoms with Crippen LogP contribution in [0.1, 0.15) is 31.7 Å². The molecule has 2 N–H and O–H groups in total. The number of rotatable bonds is 5. The van der Waals surface area contributed by atoms with Crippen LogP contribution in [0.25, 0.3) is 0 Å². The highest BCUT2D eigenvalue weighted by molar-refractivity contribution is 5.93. The Balaban J connectivity index is 1.83. The summed E-state index contributed by atoms with van der Waals surface area (Å²) in [7, 11) is 0. The molecule has 1 aromatic rings. The normalized spacial score (nSPS) is 15.2. The maximum absolute atomic E-state index is 12.2. The van der Waals surface area contributed by atoms with Gasteiger partial charge in [0.2, 0.25) is 0 Å². The topological polar surface area (TPSA) is 69.6 Å². The van der Waals surface area contributed by atoms with Crippen LogP contribution in [0.15, 0.2) is 24.3 Å². The highest BCUT2D eigenvalue weighted by atomic mass is 16.4. The lowest BCUT2D eigenvalue weighted by Crippen LogP contribution is -2.43. The zero-order valence-electron chi connectivity index (χ0n) is 12.3. The summed E-state index contributed by atoms with van der Waals surface area (Å²) < 4.78 is 0. The molecule has 5 heteroatoms. The van der Waals surface area contributed by atoms with Crippen molar-refractivity contribution in [3.05, 3.63) is 29.8 Å². The van der Waals surface area contributed by atoms with Crippen LogP contribution >= 0.6 is 0 Å². The second-order valence-electron chi connectivity index (χ2n) is 5.50. The summed E-state index contributed by atoms with van der Waals surface area (Å²) in [6.45, 7) is 2.93. The van der Waals surface area contributed by atoms with Gasteiger partial charge < -0.3 is 10.4 Å². The number of carboxylic acid groups (broad SMARTS) is 1. The van der Waals surface area contributed by atoms with Gasteiger partial charge in [-0.3, -0.25) is 9.69 Å². The number of carbonyl (C=O) groups excluding carboxylic acids is 1. The molecule has 0 bridgehead atoms. The van der Waals surface area contributed by atoms with E-state index in [1.54, 1.807) is 11.8 Å². The Kier molecular flexibility index (Phi) is 5.20. The van der Waals surface area contributed by atoms with Crippen molar-refractivity contribution in [2.75, 3.05) is 18.0 Å². The first-order chi connectivity index (χ1) is 10.1. The summed E-state index contributed by atoms with van der Waals surface area (Å²) in [5.41, 5.74) is 2.19. The molecule has 2 amide bonds. The molecule has 1 aliphatic heterocycles. The van der Waals surface area contributed by atoms with Crippen molar-refractivity contribution in [1.29, 1.82) is 0 Å². The van der Waals surface area contributed by atoms with Gasteiger partial charge in [-0.05, 0) is 37.3 Å². The maximum Gasteiger partial charge on any atom is 0.321 e. The fraction of sp³-hybridized carbons (Fsp3) is 0.500. The maximum atomic E-state index is 12.2. The number of nitrogens with one attached hydrogen (secondary N) is 1. The van der Waals surface area contributed by atoms with Crippen LogP contribution in [0.2, 0.25) is 0 Å². The standard InChI is InChI=1S/C16H22N2O3/c1-12(15(19)20)6-4-10-17-16(21)18-11-5-8-13-7-2-3-9-14(13)18/h2-3,7,9,12H,4-6,8,10-11H2,1H3,(H,17,21)(H,19,20). The predicted molar refractivity (Wildman–Crippen MR) is 81.5 cm³/mol. The van der Waals surface area contributed by atoms with Crippen molar-refractivity contribution in [3.8, 4) is 0 Å². The minimum Gasteiger partial charge on any atom is -0.481 e. The van der Waals surface area contributed by atoms with E-state index in [2.05, 4.69) is 11.4 Å². The molecule has 5 nitrogen and oxygen atoms in total. The molecule has 0 radical (unpaired) electrons. The van der Waals surface area contributed by atoms with Gasteiger partial charge in [-0.15, -0.1) is 0 Å². The molecule has 0 aliphatic carbocycles. The Morgan fingerprint density at radius 3 is 2.90 bits per heavy atom. The molecular formula is C16H22N2O3. The number of benzene rings is 1. The number of amides is 2. The minimum atomic E-state index is -0.786. The van der Waals surface area contributed by atoms with Crippen molar-refractivity contribution in [3.63, 3.8) is 0 Å². The Hall–Kier alpha value is -2.04. The molecule has 1 aliphatic rings. The summed E-state index contributed by atoms with van der Waals surface area (Å²) >= 11 is 0. The lowest BCUT2D eigenvalue weighted by atomic mass is 10.0. The highest BCUT2D eigenvalue weighted by Crippen LogP contribution is 2.26. The van der Waals surface area contributed by atoms with Gasteiger partial charge in [0.1, 0.15) is 0 Å². The molecule has 1 unspecified atom stereocenters. The average Bonchev–Trinajstić information content (AvgIpc) is 2.50. The third kappa shape index (κ3) is 3.97. The van der Waals surface area contributed by atoms with Gasteiger partial charge in [0.25, 0.3) is 0 Å². The van der Waals surface area contributed by atoms with Crippen molar-refractivity contribution >= 4 is 17.7 Å². The Morgan fingerprint density at radius 1 is 1.38 bits per heavy atom. The van der Waals surface area contributed by atoms with Crippen LogP contribution in [0.5, 0.6) is 0 Å². The van der Waals surface area contributed by atoms with Crippen LogP contribution in [-0.4, -0.2) is 30.2 Å². The number of hydrogen-bond acceptors (Lipinski definition) is 2. The number of carbonyl (C=O) groups is 2. The van der Waals surface area contributed by atoms with Crippen LogP contribution in [0, 0.1) is 5.92 Å². The molecule has 114 valence electrons. The van der Waals surface area contributed by atoms with Gasteiger partial charge in [0.15, 0.2) is 0 Å². The monoisotopic (exact) mass is 290 g/mol. The lowest BCUT2D eigenvalue weighted by Gasteiger charge is -2.29. The first-order valence-electron chi connectivity index (χ1n) is 7.45. The predicted octanol–water partition coefficient (Wildman–Crippen LogP) is 2.65. The summed E-state index contributed by atoms with van der Waals surface area (Å²) in [5.74, 6) is -1.15. The molecule has 1 aromatic carbocycles. The van der Waals surface area contributed by atoms with Crippen LogP contribution < -0.4 is 10.2 Å². The van der Waals surface area contributed by atoms with E-state index in [1.165, 1.54) is 5.56 Å². The third-order valence-electron chi connectivity index (χ3n) is 3.87. The van der Waals surface area contributed by atoms with Gasteiger partial charge in [-0.2, -0.15) is 0 Å². The van der Waals surface area contributed by atoms with Crippen molar-refractivity contribution < 1.29 is 14.7 Å². The van der Waals surface area contributed by atoms with Gasteiger partial charge in [0.05, 0.1) is 5.92 Å². The molecule has 0 fully saturated rings. The summed E-state index contributed by atoms with van der Waals surface area (Å²) in [6.07, 6.45) is 3.23. The molecule has 0 spiro atoms. The number of aliphatic carboxylic acids is 1. The summed E-state index contributed by atoms with van der Waals surface area (Å²) in [6, 6.07) is 7.88. The molecule has 2 rings (SSSR count). The smallest absolute Gasteiger partial charge is 0.321 e. The van der Waals surface area contributed by atoms with E-state index in [4.69, 9.17) is 5.11 Å². The number of aryl methyl sites for hydroxylation is 1. The van der Waals surface area contributed by atoms with Crippen molar-refractivity contribution in [2.45, 2.75) is 32.6 Å². The highest BCUT2D eigenvalue weighted by Gasteiger charge is 2.21. The molecule has 1 heterocycles. The summed E-state index contributed by atoms with van der Waals surface area (Å²) in [5, 5.41) is 11.7. The van der Waals surface area contributed by atoms with E-state index in [0.717, 1.165) is 25.1 Å². The quantitative estimate of drug-likeness (QED) is 0.819. The van der Waals surface area contributed by atoms with Crippen LogP contribution in [-0.2, 0) is 11.2 Å².